The lowest BCUT2D eigenvalue weighted by Crippen LogP contribution is -1.82. The van der Waals surface area contributed by atoms with E-state index < -0.39 is 0 Å². The molecule has 0 aliphatic carbocycles. The van der Waals surface area contributed by atoms with Crippen LogP contribution < -0.4 is 0 Å². The molecule has 0 saturated carbocycles. The maximum atomic E-state index is 3.95. The van der Waals surface area contributed by atoms with E-state index >= 15 is 0 Å². The summed E-state index contributed by atoms with van der Waals surface area (Å²) in [5.74, 6) is 0. The van der Waals surface area contributed by atoms with E-state index in [0.717, 1.165) is 6.42 Å². The topological polar surface area (TPSA) is 0 Å². The van der Waals surface area contributed by atoms with E-state index in [0.29, 0.717) is 0 Å². The maximum Gasteiger partial charge on any atom is -0.0225 e. The van der Waals surface area contributed by atoms with Crippen molar-refractivity contribution >= 4 is 6.08 Å². The molecule has 0 unspecified atom stereocenters. The summed E-state index contributed by atoms with van der Waals surface area (Å²) in [6.07, 6.45) is 5.26. The zero-order valence-electron chi connectivity index (χ0n) is 9.30. The van der Waals surface area contributed by atoms with Crippen LogP contribution in [0.4, 0.5) is 0 Å². The van der Waals surface area contributed by atoms with Crippen LogP contribution in [0.25, 0.3) is 6.08 Å². The van der Waals surface area contributed by atoms with Gasteiger partial charge in [0.1, 0.15) is 0 Å². The first-order chi connectivity index (χ1) is 6.63. The van der Waals surface area contributed by atoms with Crippen LogP contribution >= 0.6 is 0 Å². The van der Waals surface area contributed by atoms with E-state index in [4.69, 9.17) is 0 Å². The van der Waals surface area contributed by atoms with Crippen molar-refractivity contribution in [3.63, 3.8) is 0 Å². The smallest absolute Gasteiger partial charge is 0.0225 e. The number of allylic oxidation sites excluding steroid dienone is 2. The Labute approximate surface area is 87.0 Å². The van der Waals surface area contributed by atoms with E-state index in [1.807, 2.05) is 0 Å². The van der Waals surface area contributed by atoms with Gasteiger partial charge in [-0.25, -0.2) is 0 Å². The van der Waals surface area contributed by atoms with E-state index in [-0.39, 0.29) is 0 Å². The van der Waals surface area contributed by atoms with Gasteiger partial charge in [-0.3, -0.25) is 0 Å². The standard InChI is InChI=1S/C14H18/c1-5-11(2)7-9-14-10-12(3)6-8-13(14)4/h6-10H,2,5H2,1,3-4H3/b9-7-. The van der Waals surface area contributed by atoms with Gasteiger partial charge in [0.15, 0.2) is 0 Å². The van der Waals surface area contributed by atoms with Crippen LogP contribution in [-0.4, -0.2) is 0 Å². The summed E-state index contributed by atoms with van der Waals surface area (Å²) in [6.45, 7) is 10.3. The van der Waals surface area contributed by atoms with Crippen LogP contribution in [0.15, 0.2) is 36.4 Å². The van der Waals surface area contributed by atoms with Crippen LogP contribution in [0.2, 0.25) is 0 Å². The molecule has 14 heavy (non-hydrogen) atoms. The van der Waals surface area contributed by atoms with Gasteiger partial charge in [-0.2, -0.15) is 0 Å². The van der Waals surface area contributed by atoms with Crippen LogP contribution in [-0.2, 0) is 0 Å². The fourth-order valence-electron chi connectivity index (χ4n) is 1.26. The second-order valence-electron chi connectivity index (χ2n) is 3.71. The Kier molecular flexibility index (Phi) is 3.70. The molecule has 0 atom stereocenters. The summed E-state index contributed by atoms with van der Waals surface area (Å²) in [6, 6.07) is 6.50. The lowest BCUT2D eigenvalue weighted by Gasteiger charge is -2.01. The van der Waals surface area contributed by atoms with Crippen LogP contribution in [0.1, 0.15) is 30.0 Å². The molecule has 1 aromatic carbocycles. The fraction of sp³-hybridized carbons (Fsp3) is 0.286. The van der Waals surface area contributed by atoms with Gasteiger partial charge in [0.05, 0.1) is 0 Å². The van der Waals surface area contributed by atoms with Crippen molar-refractivity contribution in [3.05, 3.63) is 53.1 Å². The quantitative estimate of drug-likeness (QED) is 0.618. The molecular weight excluding hydrogens is 168 g/mol. The number of hydrogen-bond donors (Lipinski definition) is 0. The second kappa shape index (κ2) is 4.80. The third-order valence-corrected chi connectivity index (χ3v) is 2.39. The predicted molar refractivity (Wildman–Crippen MR) is 64.4 cm³/mol. The molecule has 0 aliphatic rings. The van der Waals surface area contributed by atoms with Crippen molar-refractivity contribution in [2.75, 3.05) is 0 Å². The highest BCUT2D eigenvalue weighted by Crippen LogP contribution is 2.13. The Morgan fingerprint density at radius 1 is 1.36 bits per heavy atom. The summed E-state index contributed by atoms with van der Waals surface area (Å²) in [5.41, 5.74) is 5.08. The molecule has 0 aliphatic heterocycles. The molecule has 0 heterocycles. The molecule has 0 nitrogen and oxygen atoms in total. The monoisotopic (exact) mass is 186 g/mol. The number of benzene rings is 1. The number of rotatable bonds is 3. The lowest BCUT2D eigenvalue weighted by molar-refractivity contribution is 1.16. The van der Waals surface area contributed by atoms with Gasteiger partial charge < -0.3 is 0 Å². The molecule has 0 fully saturated rings. The minimum atomic E-state index is 1.02. The number of hydrogen-bond acceptors (Lipinski definition) is 0. The Balaban J connectivity index is 2.90. The molecule has 0 bridgehead atoms. The minimum absolute atomic E-state index is 1.02. The average molecular weight is 186 g/mol. The van der Waals surface area contributed by atoms with Gasteiger partial charge in [0.25, 0.3) is 0 Å². The Morgan fingerprint density at radius 2 is 2.07 bits per heavy atom. The normalized spacial score (nSPS) is 10.8. The van der Waals surface area contributed by atoms with E-state index in [1.165, 1.54) is 22.3 Å². The largest absolute Gasteiger partial charge is 0.0958 e. The Morgan fingerprint density at radius 3 is 2.71 bits per heavy atom. The second-order valence-corrected chi connectivity index (χ2v) is 3.71. The lowest BCUT2D eigenvalue weighted by atomic mass is 10.0. The maximum absolute atomic E-state index is 3.95. The van der Waals surface area contributed by atoms with E-state index in [1.54, 1.807) is 0 Å². The SMILES string of the molecule is C=C(/C=C\c1cc(C)ccc1C)CC. The van der Waals surface area contributed by atoms with Gasteiger partial charge in [0.2, 0.25) is 0 Å². The van der Waals surface area contributed by atoms with Gasteiger partial charge in [-0.05, 0) is 31.4 Å². The molecule has 1 aromatic rings. The van der Waals surface area contributed by atoms with Crippen molar-refractivity contribution in [1.82, 2.24) is 0 Å². The summed E-state index contributed by atoms with van der Waals surface area (Å²) < 4.78 is 0. The first-order valence-corrected chi connectivity index (χ1v) is 5.06. The van der Waals surface area contributed by atoms with Crippen molar-refractivity contribution in [2.45, 2.75) is 27.2 Å². The minimum Gasteiger partial charge on any atom is -0.0958 e. The molecule has 74 valence electrons. The van der Waals surface area contributed by atoms with E-state index in [9.17, 15) is 0 Å². The van der Waals surface area contributed by atoms with Gasteiger partial charge in [0, 0.05) is 0 Å². The average Bonchev–Trinajstić information content (AvgIpc) is 2.19. The van der Waals surface area contributed by atoms with Crippen molar-refractivity contribution in [1.29, 1.82) is 0 Å². The van der Waals surface area contributed by atoms with E-state index in [2.05, 4.69) is 57.7 Å². The molecule has 0 aromatic heterocycles. The van der Waals surface area contributed by atoms with Gasteiger partial charge in [-0.15, -0.1) is 0 Å². The highest BCUT2D eigenvalue weighted by Gasteiger charge is 1.93. The zero-order chi connectivity index (χ0) is 10.6. The third kappa shape index (κ3) is 2.88. The number of aryl methyl sites for hydroxylation is 2. The molecule has 0 spiro atoms. The first kappa shape index (κ1) is 10.8. The molecule has 1 rings (SSSR count). The highest BCUT2D eigenvalue weighted by atomic mass is 14.0. The third-order valence-electron chi connectivity index (χ3n) is 2.39. The van der Waals surface area contributed by atoms with Crippen LogP contribution in [0, 0.1) is 13.8 Å². The van der Waals surface area contributed by atoms with Crippen molar-refractivity contribution in [2.24, 2.45) is 0 Å². The Hall–Kier alpha value is -1.30. The molecule has 0 saturated heterocycles. The molecular formula is C14H18. The summed E-state index contributed by atoms with van der Waals surface area (Å²) in [7, 11) is 0. The van der Waals surface area contributed by atoms with Crippen LogP contribution in [0.3, 0.4) is 0 Å². The summed E-state index contributed by atoms with van der Waals surface area (Å²) in [5, 5.41) is 0. The fourth-order valence-corrected chi connectivity index (χ4v) is 1.26. The summed E-state index contributed by atoms with van der Waals surface area (Å²) >= 11 is 0. The first-order valence-electron chi connectivity index (χ1n) is 5.06. The van der Waals surface area contributed by atoms with Crippen LogP contribution in [0.5, 0.6) is 0 Å². The molecule has 0 amide bonds. The summed E-state index contributed by atoms with van der Waals surface area (Å²) in [4.78, 5) is 0. The Bertz CT molecular complexity index is 356. The van der Waals surface area contributed by atoms with Gasteiger partial charge >= 0.3 is 0 Å². The molecule has 0 heteroatoms. The molecule has 0 radical (unpaired) electrons. The predicted octanol–water partition coefficient (Wildman–Crippen LogP) is 4.28. The highest BCUT2D eigenvalue weighted by molar-refractivity contribution is 5.57. The zero-order valence-corrected chi connectivity index (χ0v) is 9.30. The van der Waals surface area contributed by atoms with Gasteiger partial charge in [-0.1, -0.05) is 55.0 Å². The van der Waals surface area contributed by atoms with Crippen molar-refractivity contribution in [3.8, 4) is 0 Å². The molecule has 0 N–H and O–H groups in total. The van der Waals surface area contributed by atoms with Crippen molar-refractivity contribution < 1.29 is 0 Å².